The Balaban J connectivity index is 2.38. The summed E-state index contributed by atoms with van der Waals surface area (Å²) in [4.78, 5) is 11.3. The Bertz CT molecular complexity index is 200. The maximum Gasteiger partial charge on any atom is 0.236 e. The van der Waals surface area contributed by atoms with E-state index in [1.807, 2.05) is 11.8 Å². The van der Waals surface area contributed by atoms with Crippen molar-refractivity contribution in [2.24, 2.45) is 5.73 Å². The predicted molar refractivity (Wildman–Crippen MR) is 61.4 cm³/mol. The first kappa shape index (κ1) is 11.9. The van der Waals surface area contributed by atoms with Gasteiger partial charge < -0.3 is 11.1 Å². The van der Waals surface area contributed by atoms with Crippen LogP contribution in [0.4, 0.5) is 0 Å². The van der Waals surface area contributed by atoms with Crippen molar-refractivity contribution in [2.75, 3.05) is 12.8 Å². The van der Waals surface area contributed by atoms with E-state index in [0.29, 0.717) is 0 Å². The number of nitrogens with one attached hydrogen (secondary N) is 1. The van der Waals surface area contributed by atoms with Gasteiger partial charge in [-0.05, 0) is 26.0 Å². The zero-order valence-corrected chi connectivity index (χ0v) is 9.82. The van der Waals surface area contributed by atoms with Gasteiger partial charge in [0.15, 0.2) is 0 Å². The smallest absolute Gasteiger partial charge is 0.236 e. The van der Waals surface area contributed by atoms with E-state index < -0.39 is 6.04 Å². The van der Waals surface area contributed by atoms with Gasteiger partial charge in [0.05, 0.1) is 6.04 Å². The third-order valence-electron chi connectivity index (χ3n) is 2.95. The summed E-state index contributed by atoms with van der Waals surface area (Å²) < 4.78 is 0.282. The fourth-order valence-electron chi connectivity index (χ4n) is 1.88. The highest BCUT2D eigenvalue weighted by Gasteiger charge is 2.33. The molecule has 0 bridgehead atoms. The quantitative estimate of drug-likeness (QED) is 0.740. The minimum atomic E-state index is -0.393. The molecule has 3 nitrogen and oxygen atoms in total. The van der Waals surface area contributed by atoms with Gasteiger partial charge in [-0.25, -0.2) is 0 Å². The first-order chi connectivity index (χ1) is 6.59. The molecule has 0 unspecified atom stereocenters. The number of amides is 1. The van der Waals surface area contributed by atoms with E-state index in [1.165, 1.54) is 25.7 Å². The Morgan fingerprint density at radius 2 is 2.14 bits per heavy atom. The van der Waals surface area contributed by atoms with Crippen molar-refractivity contribution in [1.82, 2.24) is 5.32 Å². The zero-order chi connectivity index (χ0) is 10.6. The average Bonchev–Trinajstić information content (AvgIpc) is 2.63. The van der Waals surface area contributed by atoms with Crippen LogP contribution in [-0.2, 0) is 4.79 Å². The number of carbonyl (C=O) groups excluding carboxylic acids is 1. The molecule has 1 atom stereocenters. The topological polar surface area (TPSA) is 55.1 Å². The number of hydrogen-bond donors (Lipinski definition) is 2. The zero-order valence-electron chi connectivity index (χ0n) is 9.01. The van der Waals surface area contributed by atoms with Gasteiger partial charge in [0.25, 0.3) is 0 Å². The molecule has 0 aromatic heterocycles. The summed E-state index contributed by atoms with van der Waals surface area (Å²) >= 11 is 1.88. The molecule has 0 radical (unpaired) electrons. The lowest BCUT2D eigenvalue weighted by molar-refractivity contribution is -0.122. The highest BCUT2D eigenvalue weighted by atomic mass is 32.2. The Kier molecular flexibility index (Phi) is 4.26. The lowest BCUT2D eigenvalue weighted by Crippen LogP contribution is -2.44. The van der Waals surface area contributed by atoms with Crippen LogP contribution in [0.2, 0.25) is 0 Å². The molecule has 1 aliphatic carbocycles. The molecular formula is C10H20N2OS. The van der Waals surface area contributed by atoms with Crippen LogP contribution in [0.1, 0.15) is 32.6 Å². The summed E-state index contributed by atoms with van der Waals surface area (Å²) in [5.41, 5.74) is 5.49. The molecule has 0 aromatic rings. The normalized spacial score (nSPS) is 21.9. The first-order valence-electron chi connectivity index (χ1n) is 5.18. The summed E-state index contributed by atoms with van der Waals surface area (Å²) in [6.07, 6.45) is 7.13. The molecular weight excluding hydrogens is 196 g/mol. The van der Waals surface area contributed by atoms with Crippen LogP contribution in [0.15, 0.2) is 0 Å². The van der Waals surface area contributed by atoms with Crippen LogP contribution in [0.25, 0.3) is 0 Å². The van der Waals surface area contributed by atoms with Crippen molar-refractivity contribution < 1.29 is 4.79 Å². The Hall–Kier alpha value is -0.220. The van der Waals surface area contributed by atoms with Crippen molar-refractivity contribution >= 4 is 17.7 Å². The molecule has 1 amide bonds. The predicted octanol–water partition coefficient (Wildman–Crippen LogP) is 1.13. The van der Waals surface area contributed by atoms with Gasteiger partial charge in [0, 0.05) is 11.3 Å². The van der Waals surface area contributed by atoms with E-state index in [9.17, 15) is 4.79 Å². The molecule has 0 aromatic carbocycles. The minimum absolute atomic E-state index is 0.0367. The molecule has 0 heterocycles. The second-order valence-electron chi connectivity index (χ2n) is 4.10. The van der Waals surface area contributed by atoms with Crippen molar-refractivity contribution in [2.45, 2.75) is 43.4 Å². The molecule has 82 valence electrons. The monoisotopic (exact) mass is 216 g/mol. The standard InChI is InChI=1S/C10H20N2OS/c1-8(11)9(13)12-7-10(14-2)5-3-4-6-10/h8H,3-7,11H2,1-2H3,(H,12,13)/t8-/m0/s1. The molecule has 0 aliphatic heterocycles. The molecule has 3 N–H and O–H groups in total. The van der Waals surface area contributed by atoms with Crippen LogP contribution in [0.3, 0.4) is 0 Å². The fourth-order valence-corrected chi connectivity index (χ4v) is 2.80. The summed E-state index contributed by atoms with van der Waals surface area (Å²) in [5.74, 6) is -0.0367. The van der Waals surface area contributed by atoms with E-state index in [1.54, 1.807) is 6.92 Å². The van der Waals surface area contributed by atoms with Gasteiger partial charge in [-0.2, -0.15) is 11.8 Å². The number of hydrogen-bond acceptors (Lipinski definition) is 3. The van der Waals surface area contributed by atoms with E-state index >= 15 is 0 Å². The van der Waals surface area contributed by atoms with Crippen molar-refractivity contribution in [3.05, 3.63) is 0 Å². The van der Waals surface area contributed by atoms with Crippen LogP contribution >= 0.6 is 11.8 Å². The highest BCUT2D eigenvalue weighted by molar-refractivity contribution is 8.00. The Morgan fingerprint density at radius 3 is 2.57 bits per heavy atom. The van der Waals surface area contributed by atoms with E-state index in [4.69, 9.17) is 5.73 Å². The molecule has 0 saturated heterocycles. The summed E-state index contributed by atoms with van der Waals surface area (Å²) in [6.45, 7) is 2.49. The second-order valence-corrected chi connectivity index (χ2v) is 5.37. The van der Waals surface area contributed by atoms with Crippen LogP contribution in [0.5, 0.6) is 0 Å². The van der Waals surface area contributed by atoms with Gasteiger partial charge >= 0.3 is 0 Å². The van der Waals surface area contributed by atoms with Crippen LogP contribution in [-0.4, -0.2) is 29.5 Å². The van der Waals surface area contributed by atoms with Crippen molar-refractivity contribution in [1.29, 1.82) is 0 Å². The third kappa shape index (κ3) is 2.89. The number of thioether (sulfide) groups is 1. The first-order valence-corrected chi connectivity index (χ1v) is 6.40. The molecule has 1 aliphatic rings. The van der Waals surface area contributed by atoms with Gasteiger partial charge in [-0.1, -0.05) is 12.8 Å². The van der Waals surface area contributed by atoms with Gasteiger partial charge in [0.1, 0.15) is 0 Å². The number of rotatable bonds is 4. The average molecular weight is 216 g/mol. The molecule has 1 saturated carbocycles. The largest absolute Gasteiger partial charge is 0.353 e. The molecule has 1 fully saturated rings. The summed E-state index contributed by atoms with van der Waals surface area (Å²) in [5, 5.41) is 2.93. The van der Waals surface area contributed by atoms with Gasteiger partial charge in [-0.3, -0.25) is 4.79 Å². The number of carbonyl (C=O) groups is 1. The summed E-state index contributed by atoms with van der Waals surface area (Å²) in [6, 6.07) is -0.393. The molecule has 0 spiro atoms. The van der Waals surface area contributed by atoms with Crippen molar-refractivity contribution in [3.63, 3.8) is 0 Å². The lowest BCUT2D eigenvalue weighted by atomic mass is 10.1. The second kappa shape index (κ2) is 5.03. The van der Waals surface area contributed by atoms with Crippen LogP contribution in [0, 0.1) is 0 Å². The maximum absolute atomic E-state index is 11.3. The fraction of sp³-hybridized carbons (Fsp3) is 0.900. The molecule has 4 heteroatoms. The summed E-state index contributed by atoms with van der Waals surface area (Å²) in [7, 11) is 0. The van der Waals surface area contributed by atoms with E-state index in [-0.39, 0.29) is 10.7 Å². The minimum Gasteiger partial charge on any atom is -0.353 e. The SMILES string of the molecule is CSC1(CNC(=O)[C@H](C)N)CCCC1. The third-order valence-corrected chi connectivity index (χ3v) is 4.36. The lowest BCUT2D eigenvalue weighted by Gasteiger charge is -2.27. The van der Waals surface area contributed by atoms with E-state index in [0.717, 1.165) is 6.54 Å². The maximum atomic E-state index is 11.3. The molecule has 1 rings (SSSR count). The Labute approximate surface area is 90.2 Å². The Morgan fingerprint density at radius 1 is 1.57 bits per heavy atom. The molecule has 14 heavy (non-hydrogen) atoms. The highest BCUT2D eigenvalue weighted by Crippen LogP contribution is 2.39. The number of nitrogens with two attached hydrogens (primary N) is 1. The van der Waals surface area contributed by atoms with Gasteiger partial charge in [0.2, 0.25) is 5.91 Å². The van der Waals surface area contributed by atoms with E-state index in [2.05, 4.69) is 11.6 Å². The van der Waals surface area contributed by atoms with Crippen molar-refractivity contribution in [3.8, 4) is 0 Å². The van der Waals surface area contributed by atoms with Gasteiger partial charge in [-0.15, -0.1) is 0 Å². The van der Waals surface area contributed by atoms with Crippen LogP contribution < -0.4 is 11.1 Å².